The van der Waals surface area contributed by atoms with Crippen LogP contribution in [-0.4, -0.2) is 31.7 Å². The van der Waals surface area contributed by atoms with Crippen LogP contribution in [0.2, 0.25) is 0 Å². The van der Waals surface area contributed by atoms with Crippen molar-refractivity contribution < 1.29 is 27.9 Å². The van der Waals surface area contributed by atoms with Crippen LogP contribution >= 0.6 is 0 Å². The molecule has 1 amide bonds. The second-order valence-electron chi connectivity index (χ2n) is 7.33. The lowest BCUT2D eigenvalue weighted by molar-refractivity contribution is -0.137. The first-order valence-corrected chi connectivity index (χ1v) is 10.3. The van der Waals surface area contributed by atoms with Crippen molar-refractivity contribution in [3.63, 3.8) is 0 Å². The molecule has 0 unspecified atom stereocenters. The minimum atomic E-state index is -4.47. The summed E-state index contributed by atoms with van der Waals surface area (Å²) in [6, 6.07) is 10.1. The summed E-state index contributed by atoms with van der Waals surface area (Å²) in [4.78, 5) is 26.8. The molecule has 0 saturated heterocycles. The van der Waals surface area contributed by atoms with Crippen molar-refractivity contribution in [1.29, 1.82) is 0 Å². The first kappa shape index (κ1) is 24.5. The maximum atomic E-state index is 12.8. The molecule has 0 aliphatic heterocycles. The number of aliphatic carboxylic acids is 1. The van der Waals surface area contributed by atoms with E-state index in [4.69, 9.17) is 5.11 Å². The van der Waals surface area contributed by atoms with Gasteiger partial charge in [0.1, 0.15) is 0 Å². The molecule has 3 rings (SSSR count). The average molecular weight is 473 g/mol. The maximum Gasteiger partial charge on any atom is 0.419 e. The van der Waals surface area contributed by atoms with Gasteiger partial charge in [-0.25, -0.2) is 14.5 Å². The number of carbonyl (C=O) groups excluding carboxylic acids is 1. The van der Waals surface area contributed by atoms with Crippen molar-refractivity contribution >= 4 is 17.6 Å². The van der Waals surface area contributed by atoms with E-state index in [1.54, 1.807) is 36.4 Å². The van der Waals surface area contributed by atoms with E-state index in [1.807, 2.05) is 6.92 Å². The molecule has 0 aliphatic rings. The van der Waals surface area contributed by atoms with Crippen LogP contribution in [-0.2, 0) is 11.0 Å². The second-order valence-corrected chi connectivity index (χ2v) is 7.33. The Morgan fingerprint density at radius 1 is 1.15 bits per heavy atom. The van der Waals surface area contributed by atoms with Gasteiger partial charge in [0, 0.05) is 24.0 Å². The summed E-state index contributed by atoms with van der Waals surface area (Å²) in [5.74, 6) is -1.35. The van der Waals surface area contributed by atoms with Crippen LogP contribution in [0.1, 0.15) is 47.3 Å². The van der Waals surface area contributed by atoms with Crippen LogP contribution in [0, 0.1) is 0 Å². The number of pyridine rings is 1. The number of anilines is 1. The molecule has 34 heavy (non-hydrogen) atoms. The fourth-order valence-corrected chi connectivity index (χ4v) is 3.15. The van der Waals surface area contributed by atoms with Crippen molar-refractivity contribution in [3.8, 4) is 5.82 Å². The highest BCUT2D eigenvalue weighted by molar-refractivity contribution is 5.95. The molecule has 8 nitrogen and oxygen atoms in total. The molecule has 11 heteroatoms. The van der Waals surface area contributed by atoms with Gasteiger partial charge in [0.25, 0.3) is 5.91 Å². The second kappa shape index (κ2) is 10.6. The van der Waals surface area contributed by atoms with E-state index in [-0.39, 0.29) is 11.9 Å². The highest BCUT2D eigenvalue weighted by atomic mass is 19.4. The summed E-state index contributed by atoms with van der Waals surface area (Å²) < 4.78 is 39.4. The zero-order chi connectivity index (χ0) is 24.7. The Labute approximate surface area is 193 Å². The Bertz CT molecular complexity index is 1160. The predicted octanol–water partition coefficient (Wildman–Crippen LogP) is 4.57. The Morgan fingerprint density at radius 3 is 2.44 bits per heavy atom. The molecule has 0 bridgehead atoms. The van der Waals surface area contributed by atoms with Gasteiger partial charge in [-0.15, -0.1) is 0 Å². The van der Waals surface area contributed by atoms with Crippen LogP contribution in [0.15, 0.2) is 67.3 Å². The molecule has 3 aromatic rings. The zero-order valence-electron chi connectivity index (χ0n) is 18.1. The molecular weight excluding hydrogens is 451 g/mol. The molecule has 0 saturated carbocycles. The largest absolute Gasteiger partial charge is 0.478 e. The van der Waals surface area contributed by atoms with Gasteiger partial charge in [0.05, 0.1) is 29.7 Å². The van der Waals surface area contributed by atoms with Gasteiger partial charge in [-0.3, -0.25) is 4.79 Å². The molecule has 0 fully saturated rings. The van der Waals surface area contributed by atoms with Crippen LogP contribution in [0.4, 0.5) is 18.9 Å². The summed E-state index contributed by atoms with van der Waals surface area (Å²) in [7, 11) is 0. The predicted molar refractivity (Wildman–Crippen MR) is 118 cm³/mol. The van der Waals surface area contributed by atoms with Gasteiger partial charge in [0.2, 0.25) is 0 Å². The molecule has 2 heterocycles. The minimum Gasteiger partial charge on any atom is -0.478 e. The minimum absolute atomic E-state index is 0.0943. The number of carboxylic acid groups (broad SMARTS) is 1. The number of nitrogens with one attached hydrogen (secondary N) is 2. The number of amides is 1. The Kier molecular flexibility index (Phi) is 7.67. The Morgan fingerprint density at radius 2 is 1.88 bits per heavy atom. The van der Waals surface area contributed by atoms with Crippen molar-refractivity contribution in [2.24, 2.45) is 0 Å². The average Bonchev–Trinajstić information content (AvgIpc) is 3.30. The Balaban J connectivity index is 1.69. The lowest BCUT2D eigenvalue weighted by atomic mass is 10.0. The Hall–Kier alpha value is -4.15. The monoisotopic (exact) mass is 473 g/mol. The van der Waals surface area contributed by atoms with E-state index in [9.17, 15) is 22.8 Å². The normalized spacial score (nSPS) is 12.5. The number of carbonyl (C=O) groups is 2. The summed E-state index contributed by atoms with van der Waals surface area (Å²) in [6.45, 7) is 2.03. The number of rotatable bonds is 9. The van der Waals surface area contributed by atoms with E-state index in [1.165, 1.54) is 6.20 Å². The quantitative estimate of drug-likeness (QED) is 0.393. The third-order valence-electron chi connectivity index (χ3n) is 4.83. The molecule has 2 aromatic heterocycles. The molecule has 1 atom stereocenters. The van der Waals surface area contributed by atoms with E-state index in [0.717, 1.165) is 47.8 Å². The van der Waals surface area contributed by atoms with Crippen LogP contribution in [0.3, 0.4) is 0 Å². The van der Waals surface area contributed by atoms with Gasteiger partial charge in [-0.2, -0.15) is 18.3 Å². The summed E-state index contributed by atoms with van der Waals surface area (Å²) in [6.07, 6.45) is 2.21. The number of alkyl halides is 3. The molecule has 0 aliphatic carbocycles. The lowest BCUT2D eigenvalue weighted by Gasteiger charge is -2.20. The van der Waals surface area contributed by atoms with Gasteiger partial charge in [-0.05, 0) is 36.2 Å². The number of hydrogen-bond donors (Lipinski definition) is 3. The summed E-state index contributed by atoms with van der Waals surface area (Å²) >= 11 is 0. The standard InChI is InChI=1S/C23H22F3N5O3/c1-2-3-19(15-4-6-16(7-5-15)22(34)27-11-10-21(32)33)30-18-8-9-20(28-13-18)31-14-17(12-29-31)23(24,25)26/h4-14,19,30H,2-3H2,1H3,(H,27,34)(H,32,33)/b11-10+/t19-/m1/s1. The number of nitrogens with zero attached hydrogens (tertiary/aromatic N) is 3. The van der Waals surface area contributed by atoms with Gasteiger partial charge in [-0.1, -0.05) is 25.5 Å². The van der Waals surface area contributed by atoms with E-state index >= 15 is 0 Å². The van der Waals surface area contributed by atoms with Crippen LogP contribution in [0.5, 0.6) is 0 Å². The SMILES string of the molecule is CCC[C@@H](Nc1ccc(-n2cc(C(F)(F)F)cn2)nc1)c1ccc(C(=O)N/C=C/C(=O)O)cc1. The highest BCUT2D eigenvalue weighted by Gasteiger charge is 2.32. The number of benzene rings is 1. The summed E-state index contributed by atoms with van der Waals surface area (Å²) in [5, 5.41) is 18.0. The van der Waals surface area contributed by atoms with Crippen molar-refractivity contribution in [1.82, 2.24) is 20.1 Å². The smallest absolute Gasteiger partial charge is 0.419 e. The number of aromatic nitrogens is 3. The van der Waals surface area contributed by atoms with Gasteiger partial charge in [0.15, 0.2) is 5.82 Å². The van der Waals surface area contributed by atoms with Gasteiger partial charge >= 0.3 is 12.1 Å². The molecule has 178 valence electrons. The third kappa shape index (κ3) is 6.44. The maximum absolute atomic E-state index is 12.8. The lowest BCUT2D eigenvalue weighted by Crippen LogP contribution is -2.18. The third-order valence-corrected chi connectivity index (χ3v) is 4.83. The first-order chi connectivity index (χ1) is 16.2. The van der Waals surface area contributed by atoms with Crippen molar-refractivity contribution in [2.45, 2.75) is 32.0 Å². The van der Waals surface area contributed by atoms with E-state index in [0.29, 0.717) is 11.3 Å². The van der Waals surface area contributed by atoms with E-state index < -0.39 is 23.6 Å². The van der Waals surface area contributed by atoms with Crippen molar-refractivity contribution in [3.05, 3.63) is 84.0 Å². The van der Waals surface area contributed by atoms with E-state index in [2.05, 4.69) is 20.7 Å². The molecule has 3 N–H and O–H groups in total. The zero-order valence-corrected chi connectivity index (χ0v) is 18.1. The fourth-order valence-electron chi connectivity index (χ4n) is 3.15. The number of hydrogen-bond acceptors (Lipinski definition) is 5. The summed E-state index contributed by atoms with van der Waals surface area (Å²) in [5.41, 5.74) is 1.11. The van der Waals surface area contributed by atoms with Crippen LogP contribution < -0.4 is 10.6 Å². The molecule has 0 spiro atoms. The number of halogens is 3. The first-order valence-electron chi connectivity index (χ1n) is 10.3. The molecular formula is C23H22F3N5O3. The molecule has 1 aromatic carbocycles. The fraction of sp³-hybridized carbons (Fsp3) is 0.217. The number of carboxylic acids is 1. The van der Waals surface area contributed by atoms with Gasteiger partial charge < -0.3 is 15.7 Å². The highest BCUT2D eigenvalue weighted by Crippen LogP contribution is 2.29. The van der Waals surface area contributed by atoms with Crippen LogP contribution in [0.25, 0.3) is 5.82 Å². The molecule has 0 radical (unpaired) electrons. The van der Waals surface area contributed by atoms with Crippen molar-refractivity contribution in [2.75, 3.05) is 5.32 Å². The topological polar surface area (TPSA) is 109 Å².